The topological polar surface area (TPSA) is 56.1 Å². The number of carbonyl (C=O) groups is 1. The largest absolute Gasteiger partial charge is 0.492 e. The van der Waals surface area contributed by atoms with Gasteiger partial charge in [-0.2, -0.15) is 0 Å². The predicted molar refractivity (Wildman–Crippen MR) is 132 cm³/mol. The molecule has 5 nitrogen and oxygen atoms in total. The molecule has 0 fully saturated rings. The molecule has 1 atom stereocenters. The number of amides is 1. The van der Waals surface area contributed by atoms with Crippen LogP contribution in [0.15, 0.2) is 72.8 Å². The van der Waals surface area contributed by atoms with Gasteiger partial charge in [-0.3, -0.25) is 4.79 Å². The summed E-state index contributed by atoms with van der Waals surface area (Å²) in [4.78, 5) is 17.6. The molecular weight excluding hydrogens is 410 g/mol. The highest BCUT2D eigenvalue weighted by Gasteiger charge is 2.19. The van der Waals surface area contributed by atoms with E-state index >= 15 is 0 Å². The van der Waals surface area contributed by atoms with Gasteiger partial charge in [-0.15, -0.1) is 0 Å². The molecule has 5 heteroatoms. The van der Waals surface area contributed by atoms with Gasteiger partial charge < -0.3 is 14.6 Å². The van der Waals surface area contributed by atoms with Gasteiger partial charge in [0.15, 0.2) is 0 Å². The molecule has 0 aliphatic carbocycles. The Balaban J connectivity index is 1.47. The summed E-state index contributed by atoms with van der Waals surface area (Å²) < 4.78 is 8.15. The predicted octanol–water partition coefficient (Wildman–Crippen LogP) is 5.41. The highest BCUT2D eigenvalue weighted by molar-refractivity contribution is 5.80. The van der Waals surface area contributed by atoms with Crippen molar-refractivity contribution in [1.82, 2.24) is 14.9 Å². The molecule has 1 amide bonds. The van der Waals surface area contributed by atoms with E-state index in [-0.39, 0.29) is 11.9 Å². The van der Waals surface area contributed by atoms with Crippen LogP contribution in [-0.4, -0.2) is 22.1 Å². The minimum atomic E-state index is -0.224. The number of aromatic nitrogens is 2. The fourth-order valence-corrected chi connectivity index (χ4v) is 4.07. The molecule has 3 aromatic carbocycles. The smallest absolute Gasteiger partial charge is 0.225 e. The first kappa shape index (κ1) is 22.6. The molecule has 0 aliphatic rings. The van der Waals surface area contributed by atoms with Gasteiger partial charge in [0.05, 0.1) is 30.0 Å². The van der Waals surface area contributed by atoms with E-state index in [2.05, 4.69) is 35.0 Å². The molecule has 1 unspecified atom stereocenters. The van der Waals surface area contributed by atoms with Gasteiger partial charge in [0.1, 0.15) is 18.2 Å². The molecule has 0 radical (unpaired) electrons. The molecule has 0 spiro atoms. The Bertz CT molecular complexity index is 1230. The van der Waals surface area contributed by atoms with Gasteiger partial charge >= 0.3 is 0 Å². The summed E-state index contributed by atoms with van der Waals surface area (Å²) in [5, 5.41) is 3.13. The average Bonchev–Trinajstić information content (AvgIpc) is 3.20. The van der Waals surface area contributed by atoms with Crippen LogP contribution in [0, 0.1) is 6.92 Å². The highest BCUT2D eigenvalue weighted by atomic mass is 16.5. The Morgan fingerprint density at radius 3 is 2.52 bits per heavy atom. The zero-order valence-corrected chi connectivity index (χ0v) is 19.5. The Morgan fingerprint density at radius 1 is 1.03 bits per heavy atom. The van der Waals surface area contributed by atoms with Crippen LogP contribution in [-0.2, 0) is 24.2 Å². The summed E-state index contributed by atoms with van der Waals surface area (Å²) in [5.74, 6) is 1.68. The second kappa shape index (κ2) is 10.3. The third kappa shape index (κ3) is 5.43. The maximum atomic E-state index is 12.8. The lowest BCUT2D eigenvalue weighted by Gasteiger charge is -2.17. The van der Waals surface area contributed by atoms with Crippen molar-refractivity contribution in [1.29, 1.82) is 0 Å². The maximum Gasteiger partial charge on any atom is 0.225 e. The van der Waals surface area contributed by atoms with Crippen molar-refractivity contribution in [3.05, 3.63) is 95.3 Å². The van der Waals surface area contributed by atoms with E-state index < -0.39 is 0 Å². The Morgan fingerprint density at radius 2 is 1.76 bits per heavy atom. The third-order valence-corrected chi connectivity index (χ3v) is 5.98. The number of rotatable bonds is 9. The molecule has 1 N–H and O–H groups in total. The standard InChI is InChI=1S/C28H31N3O2/c1-4-22-13-15-24(16-14-22)33-18-17-31-26-12-8-7-11-25(26)30-28(31)21(3)29-27(32)19-23-10-6-5-9-20(23)2/h5-16,21H,4,17-19H2,1-3H3,(H,29,32). The maximum absolute atomic E-state index is 12.8. The minimum absolute atomic E-state index is 0.0114. The number of nitrogens with zero attached hydrogens (tertiary/aromatic N) is 2. The average molecular weight is 442 g/mol. The van der Waals surface area contributed by atoms with Gasteiger partial charge in [-0.05, 0) is 61.2 Å². The van der Waals surface area contributed by atoms with E-state index in [9.17, 15) is 4.79 Å². The molecule has 4 aromatic rings. The Hall–Kier alpha value is -3.60. The van der Waals surface area contributed by atoms with E-state index in [0.717, 1.165) is 40.2 Å². The van der Waals surface area contributed by atoms with Crippen molar-refractivity contribution in [2.75, 3.05) is 6.61 Å². The lowest BCUT2D eigenvalue weighted by Crippen LogP contribution is -2.30. The Labute approximate surface area is 195 Å². The summed E-state index contributed by atoms with van der Waals surface area (Å²) in [6, 6.07) is 24.0. The molecule has 0 bridgehead atoms. The van der Waals surface area contributed by atoms with Crippen LogP contribution in [0.2, 0.25) is 0 Å². The van der Waals surface area contributed by atoms with Crippen LogP contribution in [0.4, 0.5) is 0 Å². The van der Waals surface area contributed by atoms with Gasteiger partial charge in [0.2, 0.25) is 5.91 Å². The highest BCUT2D eigenvalue weighted by Crippen LogP contribution is 2.22. The molecule has 4 rings (SSSR count). The van der Waals surface area contributed by atoms with Crippen molar-refractivity contribution in [3.8, 4) is 5.75 Å². The second-order valence-electron chi connectivity index (χ2n) is 8.35. The van der Waals surface area contributed by atoms with Crippen LogP contribution in [0.5, 0.6) is 5.75 Å². The van der Waals surface area contributed by atoms with Crippen LogP contribution < -0.4 is 10.1 Å². The number of ether oxygens (including phenoxy) is 1. The number of hydrogen-bond donors (Lipinski definition) is 1. The molecule has 0 aliphatic heterocycles. The zero-order valence-electron chi connectivity index (χ0n) is 19.5. The van der Waals surface area contributed by atoms with E-state index in [1.54, 1.807) is 0 Å². The number of para-hydroxylation sites is 2. The van der Waals surface area contributed by atoms with E-state index in [1.165, 1.54) is 5.56 Å². The van der Waals surface area contributed by atoms with Gasteiger partial charge in [-0.1, -0.05) is 55.5 Å². The molecule has 1 heterocycles. The number of benzene rings is 3. The lowest BCUT2D eigenvalue weighted by atomic mass is 10.1. The van der Waals surface area contributed by atoms with Crippen LogP contribution in [0.25, 0.3) is 11.0 Å². The number of hydrogen-bond acceptors (Lipinski definition) is 3. The Kier molecular flexibility index (Phi) is 7.08. The van der Waals surface area contributed by atoms with E-state index in [4.69, 9.17) is 9.72 Å². The first-order valence-electron chi connectivity index (χ1n) is 11.6. The van der Waals surface area contributed by atoms with Crippen LogP contribution >= 0.6 is 0 Å². The number of nitrogens with one attached hydrogen (secondary N) is 1. The number of aryl methyl sites for hydroxylation is 2. The van der Waals surface area contributed by atoms with E-state index in [0.29, 0.717) is 19.6 Å². The molecule has 170 valence electrons. The summed E-state index contributed by atoms with van der Waals surface area (Å²) in [6.45, 7) is 7.31. The third-order valence-electron chi connectivity index (χ3n) is 5.98. The number of carbonyl (C=O) groups excluding carboxylic acids is 1. The SMILES string of the molecule is CCc1ccc(OCCn2c(C(C)NC(=O)Cc3ccccc3C)nc3ccccc32)cc1. The summed E-state index contributed by atoms with van der Waals surface area (Å²) in [5.41, 5.74) is 5.41. The number of fused-ring (bicyclic) bond motifs is 1. The van der Waals surface area contributed by atoms with E-state index in [1.807, 2.05) is 68.4 Å². The molecule has 1 aromatic heterocycles. The number of imidazole rings is 1. The molecular formula is C28H31N3O2. The first-order valence-corrected chi connectivity index (χ1v) is 11.6. The van der Waals surface area contributed by atoms with Gasteiger partial charge in [0, 0.05) is 0 Å². The summed E-state index contributed by atoms with van der Waals surface area (Å²) in [7, 11) is 0. The summed E-state index contributed by atoms with van der Waals surface area (Å²) in [6.07, 6.45) is 1.37. The monoisotopic (exact) mass is 441 g/mol. The molecule has 33 heavy (non-hydrogen) atoms. The second-order valence-corrected chi connectivity index (χ2v) is 8.35. The van der Waals surface area contributed by atoms with Crippen molar-refractivity contribution in [3.63, 3.8) is 0 Å². The zero-order chi connectivity index (χ0) is 23.2. The van der Waals surface area contributed by atoms with Crippen molar-refractivity contribution < 1.29 is 9.53 Å². The molecule has 0 saturated carbocycles. The first-order chi connectivity index (χ1) is 16.0. The van der Waals surface area contributed by atoms with Gasteiger partial charge in [-0.25, -0.2) is 4.98 Å². The normalized spacial score (nSPS) is 12.0. The quantitative estimate of drug-likeness (QED) is 0.378. The van der Waals surface area contributed by atoms with Crippen molar-refractivity contribution in [2.45, 2.75) is 46.2 Å². The molecule has 0 saturated heterocycles. The van der Waals surface area contributed by atoms with Gasteiger partial charge in [0.25, 0.3) is 0 Å². The fraction of sp³-hybridized carbons (Fsp3) is 0.286. The van der Waals surface area contributed by atoms with Crippen molar-refractivity contribution in [2.24, 2.45) is 0 Å². The summed E-state index contributed by atoms with van der Waals surface area (Å²) >= 11 is 0. The van der Waals surface area contributed by atoms with Crippen LogP contribution in [0.1, 0.15) is 42.4 Å². The minimum Gasteiger partial charge on any atom is -0.492 e. The fourth-order valence-electron chi connectivity index (χ4n) is 4.07. The van der Waals surface area contributed by atoms with Crippen molar-refractivity contribution >= 4 is 16.9 Å². The van der Waals surface area contributed by atoms with Crippen LogP contribution in [0.3, 0.4) is 0 Å². The lowest BCUT2D eigenvalue weighted by molar-refractivity contribution is -0.121.